The zero-order valence-corrected chi connectivity index (χ0v) is 18.0. The molecule has 1 atom stereocenters. The normalized spacial score (nSPS) is 17.9. The molecule has 1 N–H and O–H groups in total. The van der Waals surface area contributed by atoms with Gasteiger partial charge in [0, 0.05) is 28.5 Å². The van der Waals surface area contributed by atoms with Crippen molar-refractivity contribution in [1.29, 1.82) is 0 Å². The van der Waals surface area contributed by atoms with Crippen molar-refractivity contribution in [3.63, 3.8) is 0 Å². The molecule has 4 rings (SSSR count). The number of aryl methyl sites for hydroxylation is 1. The quantitative estimate of drug-likeness (QED) is 0.556. The number of fused-ring (bicyclic) bond motifs is 1. The number of likely N-dealkylation sites (tertiary alicyclic amines) is 1. The summed E-state index contributed by atoms with van der Waals surface area (Å²) in [6, 6.07) is 11.0. The molecular weight excluding hydrogens is 461 g/mol. The van der Waals surface area contributed by atoms with Gasteiger partial charge in [-0.15, -0.1) is 0 Å². The van der Waals surface area contributed by atoms with E-state index in [1.165, 1.54) is 12.1 Å². The third-order valence-corrected chi connectivity index (χ3v) is 7.18. The third kappa shape index (κ3) is 4.85. The first kappa shape index (κ1) is 20.5. The molecule has 0 spiro atoms. The molecule has 0 aliphatic carbocycles. The number of aromatic nitrogens is 1. The lowest BCUT2D eigenvalue weighted by Crippen LogP contribution is -2.37. The summed E-state index contributed by atoms with van der Waals surface area (Å²) < 4.78 is 47.1. The van der Waals surface area contributed by atoms with Gasteiger partial charge in [-0.2, -0.15) is 0 Å². The lowest BCUT2D eigenvalue weighted by molar-refractivity contribution is 0.326. The smallest absolute Gasteiger partial charge is 0.240 e. The summed E-state index contributed by atoms with van der Waals surface area (Å²) >= 11 is 3.31. The molecule has 0 radical (unpaired) electrons. The van der Waals surface area contributed by atoms with Crippen molar-refractivity contribution < 1.29 is 17.3 Å². The lowest BCUT2D eigenvalue weighted by Gasteiger charge is -2.16. The molecule has 9 heteroatoms. The van der Waals surface area contributed by atoms with E-state index in [0.29, 0.717) is 12.1 Å². The fourth-order valence-electron chi connectivity index (χ4n) is 3.65. The minimum absolute atomic E-state index is 0.0977. The van der Waals surface area contributed by atoms with Crippen LogP contribution in [0.4, 0.5) is 4.39 Å². The summed E-state index contributed by atoms with van der Waals surface area (Å²) in [4.78, 5) is 2.52. The SMILES string of the molecule is O=S(=O)(NC1CCN(CCCc2noc3cc(F)ccc23)C1)c1ccc(Br)cc1. The van der Waals surface area contributed by atoms with Crippen LogP contribution in [-0.2, 0) is 16.4 Å². The summed E-state index contributed by atoms with van der Waals surface area (Å²) in [6.07, 6.45) is 2.37. The number of halogens is 2. The average Bonchev–Trinajstić information content (AvgIpc) is 3.28. The first-order chi connectivity index (χ1) is 13.9. The van der Waals surface area contributed by atoms with Gasteiger partial charge in [-0.1, -0.05) is 21.1 Å². The lowest BCUT2D eigenvalue weighted by atomic mass is 10.1. The number of hydrogen-bond acceptors (Lipinski definition) is 5. The Labute approximate surface area is 177 Å². The van der Waals surface area contributed by atoms with Crippen molar-refractivity contribution >= 4 is 36.9 Å². The summed E-state index contributed by atoms with van der Waals surface area (Å²) in [5, 5.41) is 4.89. The maximum Gasteiger partial charge on any atom is 0.240 e. The van der Waals surface area contributed by atoms with E-state index in [-0.39, 0.29) is 16.8 Å². The van der Waals surface area contributed by atoms with Gasteiger partial charge in [0.25, 0.3) is 0 Å². The number of nitrogens with zero attached hydrogens (tertiary/aromatic N) is 2. The second-order valence-corrected chi connectivity index (χ2v) is 9.86. The maximum atomic E-state index is 13.2. The zero-order chi connectivity index (χ0) is 20.4. The van der Waals surface area contributed by atoms with E-state index in [1.54, 1.807) is 30.3 Å². The molecule has 0 bridgehead atoms. The number of sulfonamides is 1. The standard InChI is InChI=1S/C20H21BrFN3O3S/c21-14-3-6-17(7-4-14)29(26,27)24-16-9-11-25(13-16)10-1-2-19-18-8-5-15(22)12-20(18)28-23-19/h3-8,12,16,24H,1-2,9-11,13H2. The molecular formula is C20H21BrFN3O3S. The Morgan fingerprint density at radius 1 is 1.24 bits per heavy atom. The van der Waals surface area contributed by atoms with Crippen LogP contribution in [0.15, 0.2) is 56.4 Å². The van der Waals surface area contributed by atoms with E-state index in [9.17, 15) is 12.8 Å². The second kappa shape index (κ2) is 8.51. The molecule has 3 aromatic rings. The van der Waals surface area contributed by atoms with Crippen LogP contribution < -0.4 is 4.72 Å². The Hall–Kier alpha value is -1.81. The number of hydrogen-bond donors (Lipinski definition) is 1. The van der Waals surface area contributed by atoms with Gasteiger partial charge in [0.2, 0.25) is 10.0 Å². The van der Waals surface area contributed by atoms with Gasteiger partial charge >= 0.3 is 0 Å². The molecule has 2 aromatic carbocycles. The monoisotopic (exact) mass is 481 g/mol. The molecule has 29 heavy (non-hydrogen) atoms. The number of nitrogens with one attached hydrogen (secondary N) is 1. The third-order valence-electron chi connectivity index (χ3n) is 5.11. The number of rotatable bonds is 7. The van der Waals surface area contributed by atoms with Crippen LogP contribution >= 0.6 is 15.9 Å². The Balaban J connectivity index is 1.28. The van der Waals surface area contributed by atoms with E-state index in [4.69, 9.17) is 4.52 Å². The van der Waals surface area contributed by atoms with E-state index < -0.39 is 10.0 Å². The van der Waals surface area contributed by atoms with Crippen molar-refractivity contribution in [3.05, 3.63) is 58.4 Å². The van der Waals surface area contributed by atoms with E-state index in [0.717, 1.165) is 47.9 Å². The van der Waals surface area contributed by atoms with Crippen LogP contribution in [-0.4, -0.2) is 44.2 Å². The van der Waals surface area contributed by atoms with E-state index in [1.807, 2.05) is 0 Å². The van der Waals surface area contributed by atoms with Crippen LogP contribution in [0.5, 0.6) is 0 Å². The molecule has 1 aromatic heterocycles. The fraction of sp³-hybridized carbons (Fsp3) is 0.350. The van der Waals surface area contributed by atoms with Gasteiger partial charge in [-0.3, -0.25) is 0 Å². The fourth-order valence-corrected chi connectivity index (χ4v) is 5.17. The van der Waals surface area contributed by atoms with Crippen LogP contribution in [0.25, 0.3) is 11.0 Å². The molecule has 154 valence electrons. The molecule has 1 saturated heterocycles. The van der Waals surface area contributed by atoms with Crippen LogP contribution in [0, 0.1) is 5.82 Å². The summed E-state index contributed by atoms with van der Waals surface area (Å²) in [6.45, 7) is 2.37. The maximum absolute atomic E-state index is 13.2. The highest BCUT2D eigenvalue weighted by atomic mass is 79.9. The zero-order valence-electron chi connectivity index (χ0n) is 15.6. The highest BCUT2D eigenvalue weighted by molar-refractivity contribution is 9.10. The molecule has 1 aliphatic rings. The summed E-state index contributed by atoms with van der Waals surface area (Å²) in [7, 11) is -3.52. The van der Waals surface area contributed by atoms with E-state index in [2.05, 4.69) is 30.7 Å². The summed E-state index contributed by atoms with van der Waals surface area (Å²) in [5.74, 6) is -0.339. The predicted molar refractivity (Wildman–Crippen MR) is 112 cm³/mol. The first-order valence-corrected chi connectivity index (χ1v) is 11.7. The average molecular weight is 482 g/mol. The minimum Gasteiger partial charge on any atom is -0.356 e. The Kier molecular flexibility index (Phi) is 6.00. The molecule has 0 amide bonds. The molecule has 2 heterocycles. The van der Waals surface area contributed by atoms with Crippen LogP contribution in [0.2, 0.25) is 0 Å². The van der Waals surface area contributed by atoms with Crippen molar-refractivity contribution in [2.75, 3.05) is 19.6 Å². The molecule has 1 aliphatic heterocycles. The Morgan fingerprint density at radius 3 is 2.83 bits per heavy atom. The molecule has 1 unspecified atom stereocenters. The molecule has 1 fully saturated rings. The minimum atomic E-state index is -3.52. The highest BCUT2D eigenvalue weighted by Gasteiger charge is 2.27. The van der Waals surface area contributed by atoms with Gasteiger partial charge < -0.3 is 9.42 Å². The van der Waals surface area contributed by atoms with Gasteiger partial charge in [-0.25, -0.2) is 17.5 Å². The van der Waals surface area contributed by atoms with E-state index >= 15 is 0 Å². The van der Waals surface area contributed by atoms with Crippen molar-refractivity contribution in [1.82, 2.24) is 14.8 Å². The van der Waals surface area contributed by atoms with Crippen molar-refractivity contribution in [2.24, 2.45) is 0 Å². The summed E-state index contributed by atoms with van der Waals surface area (Å²) in [5.41, 5.74) is 1.29. The topological polar surface area (TPSA) is 75.4 Å². The Morgan fingerprint density at radius 2 is 2.03 bits per heavy atom. The molecule has 6 nitrogen and oxygen atoms in total. The predicted octanol–water partition coefficient (Wildman–Crippen LogP) is 3.71. The first-order valence-electron chi connectivity index (χ1n) is 9.45. The number of benzene rings is 2. The van der Waals surface area contributed by atoms with Gasteiger partial charge in [0.1, 0.15) is 5.82 Å². The van der Waals surface area contributed by atoms with Gasteiger partial charge in [-0.05, 0) is 68.8 Å². The van der Waals surface area contributed by atoms with Gasteiger partial charge in [0.15, 0.2) is 5.58 Å². The largest absolute Gasteiger partial charge is 0.356 e. The highest BCUT2D eigenvalue weighted by Crippen LogP contribution is 2.21. The molecule has 0 saturated carbocycles. The van der Waals surface area contributed by atoms with Crippen LogP contribution in [0.1, 0.15) is 18.5 Å². The van der Waals surface area contributed by atoms with Crippen molar-refractivity contribution in [2.45, 2.75) is 30.2 Å². The Bertz CT molecular complexity index is 1100. The van der Waals surface area contributed by atoms with Crippen molar-refractivity contribution in [3.8, 4) is 0 Å². The second-order valence-electron chi connectivity index (χ2n) is 7.23. The van der Waals surface area contributed by atoms with Gasteiger partial charge in [0.05, 0.1) is 10.6 Å². The van der Waals surface area contributed by atoms with Crippen LogP contribution in [0.3, 0.4) is 0 Å².